The van der Waals surface area contributed by atoms with Crippen molar-refractivity contribution in [3.05, 3.63) is 18.2 Å². The molecule has 0 aliphatic rings. The number of para-hydroxylation sites is 1. The molecule has 11 heavy (non-hydrogen) atoms. The Labute approximate surface area is 74.2 Å². The molecule has 0 saturated carbocycles. The maximum Gasteiger partial charge on any atom is 0.200 e. The summed E-state index contributed by atoms with van der Waals surface area (Å²) in [5.74, 6) is -1.09. The van der Waals surface area contributed by atoms with Gasteiger partial charge in [-0.25, -0.2) is 0 Å². The van der Waals surface area contributed by atoms with Gasteiger partial charge >= 0.3 is 0 Å². The fourth-order valence-corrected chi connectivity index (χ4v) is 0.519. The van der Waals surface area contributed by atoms with Gasteiger partial charge in [0.2, 0.25) is 0 Å². The van der Waals surface area contributed by atoms with Gasteiger partial charge < -0.3 is 20.8 Å². The third kappa shape index (κ3) is 2.68. The molecule has 1 aromatic carbocycles. The first kappa shape index (κ1) is 12.8. The second kappa shape index (κ2) is 4.86. The molecule has 0 unspecified atom stereocenters. The van der Waals surface area contributed by atoms with E-state index < -0.39 is 5.75 Å². The van der Waals surface area contributed by atoms with Crippen molar-refractivity contribution in [2.24, 2.45) is 0 Å². The van der Waals surface area contributed by atoms with Gasteiger partial charge in [-0.1, -0.05) is 6.07 Å². The first-order valence-electron chi connectivity index (χ1n) is 2.41. The summed E-state index contributed by atoms with van der Waals surface area (Å²) in [6.07, 6.45) is 0. The van der Waals surface area contributed by atoms with Gasteiger partial charge in [-0.3, -0.25) is 0 Å². The molecule has 5 N–H and O–H groups in total. The third-order valence-corrected chi connectivity index (χ3v) is 0.993. The fourth-order valence-electron chi connectivity index (χ4n) is 0.519. The van der Waals surface area contributed by atoms with Gasteiger partial charge in [0.15, 0.2) is 34.6 Å². The second-order valence-electron chi connectivity index (χ2n) is 1.64. The van der Waals surface area contributed by atoms with E-state index in [2.05, 4.69) is 0 Å². The normalized spacial score (nSPS) is 7.64. The lowest BCUT2D eigenvalue weighted by atomic mass is 10.3. The van der Waals surface area contributed by atoms with Crippen molar-refractivity contribution in [3.63, 3.8) is 0 Å². The van der Waals surface area contributed by atoms with Gasteiger partial charge in [0, 0.05) is 0 Å². The highest BCUT2D eigenvalue weighted by molar-refractivity contribution is 5.75. The van der Waals surface area contributed by atoms with Crippen molar-refractivity contribution in [1.29, 1.82) is 0 Å². The highest BCUT2D eigenvalue weighted by Gasteiger charge is 2.00. The first-order chi connectivity index (χ1) is 4.22. The van der Waals surface area contributed by atoms with Gasteiger partial charge in [0.05, 0.1) is 0 Å². The summed E-state index contributed by atoms with van der Waals surface area (Å²) in [5, 5.41) is 26.1. The SMILES string of the molecule is O.Oc1cccc(O)c1O.[AlH3]. The molecule has 0 amide bonds. The Kier molecular flexibility index (Phi) is 5.63. The maximum absolute atomic E-state index is 8.71. The molecule has 0 aromatic heterocycles. The standard InChI is InChI=1S/C6H6O3.Al.H2O.3H/c7-4-2-1-3-5(8)6(4)9;;;;;/h1-3,7-9H;;1H2;;;. The molecule has 0 heterocycles. The summed E-state index contributed by atoms with van der Waals surface area (Å²) in [6.45, 7) is 0. The number of rotatable bonds is 0. The topological polar surface area (TPSA) is 92.2 Å². The van der Waals surface area contributed by atoms with Gasteiger partial charge in [-0.05, 0) is 12.1 Å². The van der Waals surface area contributed by atoms with Crippen molar-refractivity contribution in [2.45, 2.75) is 0 Å². The maximum atomic E-state index is 8.71. The summed E-state index contributed by atoms with van der Waals surface area (Å²) >= 11 is 0. The summed E-state index contributed by atoms with van der Waals surface area (Å²) in [5.41, 5.74) is 0. The fraction of sp³-hybridized carbons (Fsp3) is 0. The lowest BCUT2D eigenvalue weighted by Crippen LogP contribution is -1.67. The molecule has 0 saturated heterocycles. The largest absolute Gasteiger partial charge is 0.504 e. The molecule has 1 aromatic rings. The molecule has 0 fully saturated rings. The zero-order valence-corrected chi connectivity index (χ0v) is 5.07. The molecule has 5 heteroatoms. The predicted molar refractivity (Wildman–Crippen MR) is 45.0 cm³/mol. The molecule has 0 aliphatic carbocycles. The van der Waals surface area contributed by atoms with E-state index in [1.807, 2.05) is 0 Å². The van der Waals surface area contributed by atoms with Crippen molar-refractivity contribution in [1.82, 2.24) is 0 Å². The van der Waals surface area contributed by atoms with Crippen molar-refractivity contribution >= 4 is 17.4 Å². The minimum atomic E-state index is -0.475. The van der Waals surface area contributed by atoms with Crippen LogP contribution in [0.5, 0.6) is 17.2 Å². The minimum absolute atomic E-state index is 0. The summed E-state index contributed by atoms with van der Waals surface area (Å²) < 4.78 is 0. The smallest absolute Gasteiger partial charge is 0.200 e. The predicted octanol–water partition coefficient (Wildman–Crippen LogP) is -1.21. The third-order valence-electron chi connectivity index (χ3n) is 0.993. The van der Waals surface area contributed by atoms with Crippen LogP contribution >= 0.6 is 0 Å². The number of aromatic hydroxyl groups is 3. The zero-order chi connectivity index (χ0) is 6.85. The molecule has 0 radical (unpaired) electrons. The molecule has 0 atom stereocenters. The Morgan fingerprint density at radius 2 is 1.27 bits per heavy atom. The van der Waals surface area contributed by atoms with Crippen LogP contribution in [0.25, 0.3) is 0 Å². The van der Waals surface area contributed by atoms with Gasteiger partial charge in [0.1, 0.15) is 0 Å². The number of hydrogen-bond donors (Lipinski definition) is 3. The van der Waals surface area contributed by atoms with E-state index >= 15 is 0 Å². The molecule has 1 rings (SSSR count). The Bertz CT molecular complexity index is 206. The average Bonchev–Trinajstić information content (AvgIpc) is 1.83. The Balaban J connectivity index is 0. The van der Waals surface area contributed by atoms with Crippen LogP contribution < -0.4 is 0 Å². The van der Waals surface area contributed by atoms with E-state index in [1.165, 1.54) is 18.2 Å². The number of phenols is 3. The van der Waals surface area contributed by atoms with Crippen LogP contribution in [0.3, 0.4) is 0 Å². The lowest BCUT2D eigenvalue weighted by Gasteiger charge is -1.96. The van der Waals surface area contributed by atoms with Crippen molar-refractivity contribution < 1.29 is 20.8 Å². The van der Waals surface area contributed by atoms with Crippen molar-refractivity contribution in [3.8, 4) is 17.2 Å². The highest BCUT2D eigenvalue weighted by Crippen LogP contribution is 2.32. The van der Waals surface area contributed by atoms with Crippen LogP contribution in [-0.4, -0.2) is 38.2 Å². The molecular formula is C6H11AlO4. The molecular weight excluding hydrogens is 163 g/mol. The Hall–Kier alpha value is -0.888. The quantitative estimate of drug-likeness (QED) is 0.340. The molecule has 62 valence electrons. The Morgan fingerprint density at radius 3 is 1.55 bits per heavy atom. The zero-order valence-electron chi connectivity index (χ0n) is 5.07. The molecule has 4 nitrogen and oxygen atoms in total. The molecule has 0 bridgehead atoms. The van der Waals surface area contributed by atoms with Gasteiger partial charge in [-0.15, -0.1) is 0 Å². The average molecular weight is 174 g/mol. The minimum Gasteiger partial charge on any atom is -0.504 e. The van der Waals surface area contributed by atoms with Crippen LogP contribution in [0.4, 0.5) is 0 Å². The summed E-state index contributed by atoms with van der Waals surface area (Å²) in [6, 6.07) is 4.01. The van der Waals surface area contributed by atoms with Gasteiger partial charge in [-0.2, -0.15) is 0 Å². The van der Waals surface area contributed by atoms with E-state index in [-0.39, 0.29) is 34.3 Å². The second-order valence-corrected chi connectivity index (χ2v) is 1.64. The Morgan fingerprint density at radius 1 is 0.909 bits per heavy atom. The van der Waals surface area contributed by atoms with Crippen LogP contribution in [0.1, 0.15) is 0 Å². The monoisotopic (exact) mass is 174 g/mol. The van der Waals surface area contributed by atoms with E-state index in [1.54, 1.807) is 0 Å². The number of phenolic OH excluding ortho intramolecular Hbond substituents is 3. The molecule has 0 spiro atoms. The van der Waals surface area contributed by atoms with Crippen LogP contribution in [-0.2, 0) is 0 Å². The van der Waals surface area contributed by atoms with Crippen LogP contribution in [0.2, 0.25) is 0 Å². The van der Waals surface area contributed by atoms with Crippen LogP contribution in [0.15, 0.2) is 18.2 Å². The lowest BCUT2D eigenvalue weighted by molar-refractivity contribution is 0.368. The van der Waals surface area contributed by atoms with Crippen molar-refractivity contribution in [2.75, 3.05) is 0 Å². The highest BCUT2D eigenvalue weighted by atomic mass is 27.0. The first-order valence-corrected chi connectivity index (χ1v) is 2.41. The van der Waals surface area contributed by atoms with E-state index in [0.29, 0.717) is 0 Å². The summed E-state index contributed by atoms with van der Waals surface area (Å²) in [4.78, 5) is 0. The summed E-state index contributed by atoms with van der Waals surface area (Å²) in [7, 11) is 0. The van der Waals surface area contributed by atoms with E-state index in [9.17, 15) is 0 Å². The molecule has 0 aliphatic heterocycles. The van der Waals surface area contributed by atoms with Crippen LogP contribution in [0, 0.1) is 0 Å². The van der Waals surface area contributed by atoms with E-state index in [4.69, 9.17) is 15.3 Å². The number of hydrogen-bond acceptors (Lipinski definition) is 3. The number of benzene rings is 1. The van der Waals surface area contributed by atoms with E-state index in [0.717, 1.165) is 0 Å². The van der Waals surface area contributed by atoms with Gasteiger partial charge in [0.25, 0.3) is 0 Å².